The highest BCUT2D eigenvalue weighted by Gasteiger charge is 2.06. The third-order valence-electron chi connectivity index (χ3n) is 3.21. The summed E-state index contributed by atoms with van der Waals surface area (Å²) in [5.41, 5.74) is 2.30. The first-order valence-corrected chi connectivity index (χ1v) is 8.18. The predicted octanol–water partition coefficient (Wildman–Crippen LogP) is 1.85. The SMILES string of the molecule is COc1ncc(Cc2cnc(SCc3cccnc3)[nH]c2=O)cn1. The Balaban J connectivity index is 1.66. The first-order chi connectivity index (χ1) is 11.7. The van der Waals surface area contributed by atoms with Gasteiger partial charge in [-0.05, 0) is 17.2 Å². The maximum absolute atomic E-state index is 12.2. The highest BCUT2D eigenvalue weighted by Crippen LogP contribution is 2.17. The second-order valence-electron chi connectivity index (χ2n) is 4.95. The molecule has 0 aliphatic rings. The van der Waals surface area contributed by atoms with E-state index in [1.807, 2.05) is 12.1 Å². The summed E-state index contributed by atoms with van der Waals surface area (Å²) in [7, 11) is 1.51. The molecule has 0 spiro atoms. The smallest absolute Gasteiger partial charge is 0.316 e. The van der Waals surface area contributed by atoms with Crippen molar-refractivity contribution in [2.24, 2.45) is 0 Å². The molecule has 0 atom stereocenters. The number of aromatic nitrogens is 5. The standard InChI is InChI=1S/C16H15N5O2S/c1-23-15-18-7-12(8-19-15)5-13-9-20-16(21-14(13)22)24-10-11-3-2-4-17-6-11/h2-4,6-9H,5,10H2,1H3,(H,20,21,22). The van der Waals surface area contributed by atoms with E-state index in [4.69, 9.17) is 4.74 Å². The molecule has 3 aromatic rings. The molecule has 3 rings (SSSR count). The average molecular weight is 341 g/mol. The molecule has 3 aromatic heterocycles. The maximum atomic E-state index is 12.2. The number of nitrogens with zero attached hydrogens (tertiary/aromatic N) is 4. The quantitative estimate of drug-likeness (QED) is 0.540. The number of thioether (sulfide) groups is 1. The van der Waals surface area contributed by atoms with Crippen molar-refractivity contribution in [3.63, 3.8) is 0 Å². The molecule has 8 heteroatoms. The Kier molecular flexibility index (Phi) is 5.17. The number of nitrogens with one attached hydrogen (secondary N) is 1. The molecule has 0 saturated heterocycles. The fraction of sp³-hybridized carbons (Fsp3) is 0.188. The summed E-state index contributed by atoms with van der Waals surface area (Å²) < 4.78 is 4.91. The van der Waals surface area contributed by atoms with Crippen LogP contribution in [0.3, 0.4) is 0 Å². The summed E-state index contributed by atoms with van der Waals surface area (Å²) in [6, 6.07) is 4.16. The highest BCUT2D eigenvalue weighted by atomic mass is 32.2. The normalized spacial score (nSPS) is 10.5. The minimum absolute atomic E-state index is 0.158. The van der Waals surface area contributed by atoms with E-state index in [0.717, 1.165) is 11.1 Å². The minimum atomic E-state index is -0.158. The molecular weight excluding hydrogens is 326 g/mol. The van der Waals surface area contributed by atoms with E-state index >= 15 is 0 Å². The number of pyridine rings is 1. The first kappa shape index (κ1) is 16.1. The van der Waals surface area contributed by atoms with Crippen molar-refractivity contribution in [1.29, 1.82) is 0 Å². The van der Waals surface area contributed by atoms with E-state index in [1.54, 1.807) is 31.0 Å². The molecule has 0 bridgehead atoms. The third kappa shape index (κ3) is 4.17. The summed E-state index contributed by atoms with van der Waals surface area (Å²) in [5, 5.41) is 0.582. The number of ether oxygens (including phenoxy) is 1. The van der Waals surface area contributed by atoms with Gasteiger partial charge in [0.05, 0.1) is 7.11 Å². The molecule has 0 aliphatic carbocycles. The van der Waals surface area contributed by atoms with Gasteiger partial charge in [0.25, 0.3) is 5.56 Å². The van der Waals surface area contributed by atoms with E-state index in [0.29, 0.717) is 28.9 Å². The van der Waals surface area contributed by atoms with Crippen LogP contribution < -0.4 is 10.3 Å². The molecule has 0 aliphatic heterocycles. The van der Waals surface area contributed by atoms with Gasteiger partial charge in [0.15, 0.2) is 5.16 Å². The van der Waals surface area contributed by atoms with Gasteiger partial charge in [-0.15, -0.1) is 0 Å². The van der Waals surface area contributed by atoms with Gasteiger partial charge in [0.1, 0.15) is 0 Å². The Labute approximate surface area is 142 Å². The monoisotopic (exact) mass is 341 g/mol. The topological polar surface area (TPSA) is 93.7 Å². The zero-order valence-corrected chi connectivity index (χ0v) is 13.8. The Morgan fingerprint density at radius 3 is 2.62 bits per heavy atom. The molecule has 0 radical (unpaired) electrons. The first-order valence-electron chi connectivity index (χ1n) is 7.19. The lowest BCUT2D eigenvalue weighted by Crippen LogP contribution is -2.15. The fourth-order valence-electron chi connectivity index (χ4n) is 2.00. The van der Waals surface area contributed by atoms with Crippen molar-refractivity contribution in [3.05, 3.63) is 70.2 Å². The lowest BCUT2D eigenvalue weighted by Gasteiger charge is -2.04. The summed E-state index contributed by atoms with van der Waals surface area (Å²) in [6.45, 7) is 0. The van der Waals surface area contributed by atoms with Crippen LogP contribution in [0.4, 0.5) is 0 Å². The number of aromatic amines is 1. The molecule has 7 nitrogen and oxygen atoms in total. The van der Waals surface area contributed by atoms with E-state index < -0.39 is 0 Å². The molecule has 1 N–H and O–H groups in total. The van der Waals surface area contributed by atoms with Gasteiger partial charge in [-0.2, -0.15) is 0 Å². The number of methoxy groups -OCH3 is 1. The van der Waals surface area contributed by atoms with Crippen LogP contribution in [0.2, 0.25) is 0 Å². The maximum Gasteiger partial charge on any atom is 0.316 e. The van der Waals surface area contributed by atoms with Crippen LogP contribution >= 0.6 is 11.8 Å². The summed E-state index contributed by atoms with van der Waals surface area (Å²) in [4.78, 5) is 31.4. The van der Waals surface area contributed by atoms with Crippen molar-refractivity contribution >= 4 is 11.8 Å². The van der Waals surface area contributed by atoms with Crippen molar-refractivity contribution in [2.75, 3.05) is 7.11 Å². The van der Waals surface area contributed by atoms with Gasteiger partial charge in [-0.25, -0.2) is 15.0 Å². The fourth-order valence-corrected chi connectivity index (χ4v) is 2.77. The molecule has 0 saturated carbocycles. The number of hydrogen-bond acceptors (Lipinski definition) is 7. The van der Waals surface area contributed by atoms with Crippen LogP contribution in [0.15, 0.2) is 53.1 Å². The molecular formula is C16H15N5O2S. The number of rotatable bonds is 6. The Hall–Kier alpha value is -2.74. The van der Waals surface area contributed by atoms with E-state index in [1.165, 1.54) is 18.9 Å². The average Bonchev–Trinajstić information content (AvgIpc) is 2.63. The lowest BCUT2D eigenvalue weighted by atomic mass is 10.1. The lowest BCUT2D eigenvalue weighted by molar-refractivity contribution is 0.379. The molecule has 0 amide bonds. The zero-order valence-electron chi connectivity index (χ0n) is 13.0. The van der Waals surface area contributed by atoms with E-state index in [-0.39, 0.29) is 5.56 Å². The summed E-state index contributed by atoms with van der Waals surface area (Å²) in [5.74, 6) is 0.697. The second kappa shape index (κ2) is 7.69. The largest absolute Gasteiger partial charge is 0.467 e. The van der Waals surface area contributed by atoms with Crippen LogP contribution in [-0.2, 0) is 12.2 Å². The summed E-state index contributed by atoms with van der Waals surface area (Å²) in [6.07, 6.45) is 8.80. The molecule has 24 heavy (non-hydrogen) atoms. The van der Waals surface area contributed by atoms with Gasteiger partial charge in [-0.1, -0.05) is 17.8 Å². The van der Waals surface area contributed by atoms with Gasteiger partial charge in [0.2, 0.25) is 0 Å². The van der Waals surface area contributed by atoms with Gasteiger partial charge < -0.3 is 9.72 Å². The van der Waals surface area contributed by atoms with Crippen molar-refractivity contribution in [1.82, 2.24) is 24.9 Å². The zero-order chi connectivity index (χ0) is 16.8. The predicted molar refractivity (Wildman–Crippen MR) is 90.0 cm³/mol. The highest BCUT2D eigenvalue weighted by molar-refractivity contribution is 7.98. The van der Waals surface area contributed by atoms with Gasteiger partial charge >= 0.3 is 6.01 Å². The number of hydrogen-bond donors (Lipinski definition) is 1. The van der Waals surface area contributed by atoms with Crippen LogP contribution in [-0.4, -0.2) is 32.0 Å². The third-order valence-corrected chi connectivity index (χ3v) is 4.17. The molecule has 3 heterocycles. The van der Waals surface area contributed by atoms with E-state index in [9.17, 15) is 4.79 Å². The molecule has 0 unspecified atom stereocenters. The van der Waals surface area contributed by atoms with Gasteiger partial charge in [-0.3, -0.25) is 9.78 Å². The molecule has 0 fully saturated rings. The number of H-pyrrole nitrogens is 1. The van der Waals surface area contributed by atoms with Crippen LogP contribution in [0, 0.1) is 0 Å². The Morgan fingerprint density at radius 2 is 1.96 bits per heavy atom. The molecule has 122 valence electrons. The van der Waals surface area contributed by atoms with E-state index in [2.05, 4.69) is 24.9 Å². The Bertz CT molecular complexity index is 852. The summed E-state index contributed by atoms with van der Waals surface area (Å²) >= 11 is 1.46. The Morgan fingerprint density at radius 1 is 1.12 bits per heavy atom. The van der Waals surface area contributed by atoms with Crippen molar-refractivity contribution in [3.8, 4) is 6.01 Å². The molecule has 0 aromatic carbocycles. The van der Waals surface area contributed by atoms with Crippen LogP contribution in [0.1, 0.15) is 16.7 Å². The van der Waals surface area contributed by atoms with Crippen molar-refractivity contribution < 1.29 is 4.74 Å². The van der Waals surface area contributed by atoms with Crippen LogP contribution in [0.5, 0.6) is 6.01 Å². The van der Waals surface area contributed by atoms with Gasteiger partial charge in [0, 0.05) is 48.7 Å². The van der Waals surface area contributed by atoms with Crippen LogP contribution in [0.25, 0.3) is 0 Å². The minimum Gasteiger partial charge on any atom is -0.467 e. The second-order valence-corrected chi connectivity index (χ2v) is 5.91. The van der Waals surface area contributed by atoms with Crippen molar-refractivity contribution in [2.45, 2.75) is 17.3 Å².